The van der Waals surface area contributed by atoms with E-state index in [0.29, 0.717) is 31.0 Å². The maximum absolute atomic E-state index is 12.5. The zero-order chi connectivity index (χ0) is 34.6. The van der Waals surface area contributed by atoms with E-state index >= 15 is 0 Å². The summed E-state index contributed by atoms with van der Waals surface area (Å²) in [5.41, 5.74) is 5.66. The molecule has 0 radical (unpaired) electrons. The van der Waals surface area contributed by atoms with Gasteiger partial charge in [-0.25, -0.2) is 0 Å². The van der Waals surface area contributed by atoms with E-state index in [1.54, 1.807) is 0 Å². The number of anilines is 1. The van der Waals surface area contributed by atoms with Crippen LogP contribution in [0.5, 0.6) is 5.75 Å². The molecule has 4 rings (SSSR count). The van der Waals surface area contributed by atoms with Crippen molar-refractivity contribution in [3.8, 4) is 5.75 Å². The fourth-order valence-electron chi connectivity index (χ4n) is 5.10. The SMILES string of the molecule is C[C@H](Cc1cccc(CC(=O)OCc2ccccc2)c1)NC[C@H](O[Si](C)(C)C(C)(C)C)c1ccc(OCc2ccccc2)c(NC=O)c1. The molecule has 4 aromatic rings. The summed E-state index contributed by atoms with van der Waals surface area (Å²) in [7, 11) is -2.16. The lowest BCUT2D eigenvalue weighted by Crippen LogP contribution is -2.44. The summed E-state index contributed by atoms with van der Waals surface area (Å²) in [6.45, 7) is 14.6. The Balaban J connectivity index is 1.43. The quantitative estimate of drug-likeness (QED) is 0.0669. The monoisotopic (exact) mass is 666 g/mol. The topological polar surface area (TPSA) is 85.9 Å². The van der Waals surface area contributed by atoms with Crippen LogP contribution >= 0.6 is 0 Å². The maximum atomic E-state index is 12.5. The van der Waals surface area contributed by atoms with Crippen LogP contribution in [0.4, 0.5) is 5.69 Å². The van der Waals surface area contributed by atoms with Crippen LogP contribution in [-0.4, -0.2) is 33.3 Å². The Labute approximate surface area is 287 Å². The first-order valence-electron chi connectivity index (χ1n) is 16.6. The number of hydrogen-bond acceptors (Lipinski definition) is 6. The third-order valence-electron chi connectivity index (χ3n) is 8.85. The molecule has 0 aliphatic carbocycles. The molecule has 48 heavy (non-hydrogen) atoms. The van der Waals surface area contributed by atoms with Crippen molar-refractivity contribution in [3.05, 3.63) is 131 Å². The fraction of sp³-hybridized carbons (Fsp3) is 0.350. The Bertz CT molecular complexity index is 1610. The second-order valence-corrected chi connectivity index (χ2v) is 18.6. The summed E-state index contributed by atoms with van der Waals surface area (Å²) in [6.07, 6.45) is 1.45. The molecule has 8 heteroatoms. The second kappa shape index (κ2) is 17.2. The zero-order valence-corrected chi connectivity index (χ0v) is 30.1. The minimum Gasteiger partial charge on any atom is -0.487 e. The summed E-state index contributed by atoms with van der Waals surface area (Å²) < 4.78 is 18.6. The van der Waals surface area contributed by atoms with Gasteiger partial charge in [-0.05, 0) is 71.4 Å². The molecule has 7 nitrogen and oxygen atoms in total. The van der Waals surface area contributed by atoms with Crippen LogP contribution in [0, 0.1) is 0 Å². The van der Waals surface area contributed by atoms with Gasteiger partial charge in [-0.15, -0.1) is 0 Å². The molecule has 0 unspecified atom stereocenters. The van der Waals surface area contributed by atoms with Gasteiger partial charge in [-0.2, -0.15) is 0 Å². The van der Waals surface area contributed by atoms with E-state index in [-0.39, 0.29) is 36.2 Å². The van der Waals surface area contributed by atoms with Crippen molar-refractivity contribution >= 4 is 26.4 Å². The first-order chi connectivity index (χ1) is 22.9. The highest BCUT2D eigenvalue weighted by Gasteiger charge is 2.39. The standard InChI is InChI=1S/C40H50N2O5Si/c1-30(22-33-18-13-19-34(23-33)24-39(44)46-28-32-16-11-8-12-17-32)41-26-38(47-48(5,6)40(2,3)4)35-20-21-37(36(25-35)42-29-43)45-27-31-14-9-7-10-15-31/h7-21,23,25,29-30,38,41H,22,24,26-28H2,1-6H3,(H,42,43)/t30-,38+/m1/s1. The van der Waals surface area contributed by atoms with Crippen molar-refractivity contribution in [1.29, 1.82) is 0 Å². The van der Waals surface area contributed by atoms with Crippen LogP contribution in [-0.2, 0) is 44.8 Å². The summed E-state index contributed by atoms with van der Waals surface area (Å²) in [4.78, 5) is 24.1. The van der Waals surface area contributed by atoms with Gasteiger partial charge in [-0.1, -0.05) is 112 Å². The summed E-state index contributed by atoms with van der Waals surface area (Å²) in [5.74, 6) is 0.360. The average molecular weight is 667 g/mol. The normalized spacial score (nSPS) is 13.0. The second-order valence-electron chi connectivity index (χ2n) is 13.8. The molecule has 0 spiro atoms. The van der Waals surface area contributed by atoms with Gasteiger partial charge in [0.25, 0.3) is 0 Å². The molecule has 2 N–H and O–H groups in total. The number of carbonyl (C=O) groups is 2. The molecule has 0 fully saturated rings. The van der Waals surface area contributed by atoms with E-state index in [1.807, 2.05) is 91.0 Å². The van der Waals surface area contributed by atoms with E-state index in [2.05, 4.69) is 63.6 Å². The number of ether oxygens (including phenoxy) is 2. The number of esters is 1. The number of rotatable bonds is 17. The molecule has 0 heterocycles. The van der Waals surface area contributed by atoms with Crippen molar-refractivity contribution in [3.63, 3.8) is 0 Å². The number of benzene rings is 4. The molecule has 0 aromatic heterocycles. The molecule has 0 bridgehead atoms. The lowest BCUT2D eigenvalue weighted by molar-refractivity contribution is -0.144. The Morgan fingerprint density at radius 3 is 2.08 bits per heavy atom. The summed E-state index contributed by atoms with van der Waals surface area (Å²) in [5, 5.41) is 6.55. The van der Waals surface area contributed by atoms with Crippen LogP contribution in [0.3, 0.4) is 0 Å². The number of amides is 1. The van der Waals surface area contributed by atoms with Crippen molar-refractivity contribution in [1.82, 2.24) is 5.32 Å². The van der Waals surface area contributed by atoms with Crippen LogP contribution < -0.4 is 15.4 Å². The summed E-state index contributed by atoms with van der Waals surface area (Å²) >= 11 is 0. The molecular formula is C40H50N2O5Si. The number of carbonyl (C=O) groups excluding carboxylic acids is 2. The van der Waals surface area contributed by atoms with Crippen molar-refractivity contribution in [2.75, 3.05) is 11.9 Å². The molecule has 4 aromatic carbocycles. The van der Waals surface area contributed by atoms with Gasteiger partial charge in [0.2, 0.25) is 6.41 Å². The molecule has 254 valence electrons. The summed E-state index contributed by atoms with van der Waals surface area (Å²) in [6, 6.07) is 33.8. The third kappa shape index (κ3) is 11.2. The largest absolute Gasteiger partial charge is 0.487 e. The highest BCUT2D eigenvalue weighted by atomic mass is 28.4. The fourth-order valence-corrected chi connectivity index (χ4v) is 6.39. The van der Waals surface area contributed by atoms with Gasteiger partial charge < -0.3 is 24.5 Å². The van der Waals surface area contributed by atoms with Gasteiger partial charge in [0.05, 0.1) is 18.2 Å². The molecule has 0 saturated carbocycles. The number of nitrogens with one attached hydrogen (secondary N) is 2. The lowest BCUT2D eigenvalue weighted by Gasteiger charge is -2.40. The van der Waals surface area contributed by atoms with E-state index in [0.717, 1.165) is 34.2 Å². The van der Waals surface area contributed by atoms with E-state index in [1.165, 1.54) is 0 Å². The van der Waals surface area contributed by atoms with Crippen LogP contribution in [0.25, 0.3) is 0 Å². The van der Waals surface area contributed by atoms with Gasteiger partial charge >= 0.3 is 5.97 Å². The Kier molecular flexibility index (Phi) is 13.1. The molecule has 0 aliphatic rings. The minimum atomic E-state index is -2.16. The minimum absolute atomic E-state index is 0.0160. The zero-order valence-electron chi connectivity index (χ0n) is 29.1. The van der Waals surface area contributed by atoms with E-state index in [4.69, 9.17) is 13.9 Å². The van der Waals surface area contributed by atoms with E-state index in [9.17, 15) is 9.59 Å². The number of hydrogen-bond donors (Lipinski definition) is 2. The molecule has 2 atom stereocenters. The van der Waals surface area contributed by atoms with Gasteiger partial charge in [0.15, 0.2) is 8.32 Å². The first-order valence-corrected chi connectivity index (χ1v) is 19.5. The molecular weight excluding hydrogens is 617 g/mol. The van der Waals surface area contributed by atoms with Gasteiger partial charge in [0.1, 0.15) is 19.0 Å². The van der Waals surface area contributed by atoms with Crippen LogP contribution in [0.15, 0.2) is 103 Å². The highest BCUT2D eigenvalue weighted by Crippen LogP contribution is 2.40. The van der Waals surface area contributed by atoms with Crippen molar-refractivity contribution in [2.24, 2.45) is 0 Å². The first kappa shape index (κ1) is 36.6. The van der Waals surface area contributed by atoms with Crippen LogP contribution in [0.2, 0.25) is 18.1 Å². The van der Waals surface area contributed by atoms with Crippen molar-refractivity contribution in [2.45, 2.75) is 84.0 Å². The van der Waals surface area contributed by atoms with E-state index < -0.39 is 8.32 Å². The Morgan fingerprint density at radius 1 is 0.812 bits per heavy atom. The predicted molar refractivity (Wildman–Crippen MR) is 195 cm³/mol. The predicted octanol–water partition coefficient (Wildman–Crippen LogP) is 8.40. The average Bonchev–Trinajstić information content (AvgIpc) is 3.06. The van der Waals surface area contributed by atoms with Gasteiger partial charge in [-0.3, -0.25) is 9.59 Å². The molecule has 0 saturated heterocycles. The van der Waals surface area contributed by atoms with Gasteiger partial charge in [0, 0.05) is 12.6 Å². The lowest BCUT2D eigenvalue weighted by atomic mass is 10.0. The highest BCUT2D eigenvalue weighted by molar-refractivity contribution is 6.74. The Morgan fingerprint density at radius 2 is 1.44 bits per heavy atom. The van der Waals surface area contributed by atoms with Crippen LogP contribution in [0.1, 0.15) is 61.6 Å². The third-order valence-corrected chi connectivity index (χ3v) is 13.3. The molecule has 0 aliphatic heterocycles. The smallest absolute Gasteiger partial charge is 0.310 e. The van der Waals surface area contributed by atoms with Crippen molar-refractivity contribution < 1.29 is 23.5 Å². The maximum Gasteiger partial charge on any atom is 0.310 e. The molecule has 1 amide bonds. The Hall–Kier alpha value is -4.24.